The Bertz CT molecular complexity index is 2920. The van der Waals surface area contributed by atoms with Crippen LogP contribution in [0.5, 0.6) is 0 Å². The summed E-state index contributed by atoms with van der Waals surface area (Å²) in [6.45, 7) is 4.75. The van der Waals surface area contributed by atoms with Gasteiger partial charge in [0, 0.05) is 27.1 Å². The Morgan fingerprint density at radius 3 is 2.13 bits per heavy atom. The molecule has 0 N–H and O–H groups in total. The molecule has 10 aromatic rings. The van der Waals surface area contributed by atoms with Gasteiger partial charge in [-0.05, 0) is 72.8 Å². The van der Waals surface area contributed by atoms with Crippen LogP contribution in [0.25, 0.3) is 93.2 Å². The van der Waals surface area contributed by atoms with Crippen molar-refractivity contribution < 1.29 is 4.42 Å². The Hall–Kier alpha value is -5.86. The van der Waals surface area contributed by atoms with Crippen molar-refractivity contribution in [3.05, 3.63) is 151 Å². The monoisotopic (exact) mass is 599 g/mol. The molecule has 47 heavy (non-hydrogen) atoms. The lowest BCUT2D eigenvalue weighted by Crippen LogP contribution is -2.14. The van der Waals surface area contributed by atoms with Crippen LogP contribution in [0.15, 0.2) is 144 Å². The first kappa shape index (κ1) is 25.3. The second-order valence-electron chi connectivity index (χ2n) is 13.7. The molecule has 0 unspecified atom stereocenters. The van der Waals surface area contributed by atoms with Gasteiger partial charge in [0.15, 0.2) is 5.58 Å². The molecule has 0 atom stereocenters. The molecular weight excluding hydrogens is 571 g/mol. The van der Waals surface area contributed by atoms with Crippen LogP contribution < -0.4 is 0 Å². The van der Waals surface area contributed by atoms with Gasteiger partial charge in [0.25, 0.3) is 0 Å². The molecule has 0 radical (unpaired) electrons. The molecule has 0 amide bonds. The smallest absolute Gasteiger partial charge is 0.159 e. The molecule has 2 aromatic heterocycles. The molecule has 8 aromatic carbocycles. The summed E-state index contributed by atoms with van der Waals surface area (Å²) in [5, 5.41) is 11.4. The molecule has 0 saturated carbocycles. The van der Waals surface area contributed by atoms with Crippen LogP contribution in [0.1, 0.15) is 25.0 Å². The second-order valence-corrected chi connectivity index (χ2v) is 13.7. The highest BCUT2D eigenvalue weighted by molar-refractivity contribution is 6.25. The van der Waals surface area contributed by atoms with E-state index in [0.29, 0.717) is 0 Å². The number of hydrogen-bond acceptors (Lipinski definition) is 1. The zero-order valence-electron chi connectivity index (χ0n) is 26.1. The Kier molecular flexibility index (Phi) is 4.68. The van der Waals surface area contributed by atoms with Crippen molar-refractivity contribution in [3.8, 4) is 28.1 Å². The normalized spacial score (nSPS) is 13.9. The van der Waals surface area contributed by atoms with Crippen LogP contribution in [0.3, 0.4) is 0 Å². The highest BCUT2D eigenvalue weighted by Gasteiger charge is 2.40. The molecule has 11 rings (SSSR count). The number of rotatable bonds is 2. The maximum absolute atomic E-state index is 6.67. The summed E-state index contributed by atoms with van der Waals surface area (Å²) in [5.41, 5.74) is 11.7. The van der Waals surface area contributed by atoms with Gasteiger partial charge in [0.05, 0.1) is 16.9 Å². The molecule has 0 saturated heterocycles. The first-order valence-electron chi connectivity index (χ1n) is 16.4. The van der Waals surface area contributed by atoms with Gasteiger partial charge < -0.3 is 8.98 Å². The van der Waals surface area contributed by atoms with E-state index in [2.05, 4.69) is 158 Å². The SMILES string of the molecule is CC1(C)c2ccccc2-c2c1c1ccc(-c3ccc4ccc5cccc6ccc3c4c56)cc1n2-c1cccc2c1oc1ccccc12. The molecule has 2 heteroatoms. The van der Waals surface area contributed by atoms with Crippen LogP contribution in [-0.2, 0) is 5.41 Å². The predicted molar refractivity (Wildman–Crippen MR) is 197 cm³/mol. The molecule has 0 bridgehead atoms. The third kappa shape index (κ3) is 3.15. The molecule has 220 valence electrons. The van der Waals surface area contributed by atoms with E-state index in [4.69, 9.17) is 4.42 Å². The summed E-state index contributed by atoms with van der Waals surface area (Å²) in [6, 6.07) is 51.3. The molecule has 0 spiro atoms. The highest BCUT2D eigenvalue weighted by Crippen LogP contribution is 2.54. The molecule has 0 aliphatic heterocycles. The van der Waals surface area contributed by atoms with Crippen molar-refractivity contribution in [1.29, 1.82) is 0 Å². The maximum Gasteiger partial charge on any atom is 0.159 e. The molecule has 1 aliphatic carbocycles. The van der Waals surface area contributed by atoms with E-state index in [1.165, 1.54) is 76.7 Å². The molecular formula is C45H29NO. The molecule has 2 heterocycles. The van der Waals surface area contributed by atoms with E-state index < -0.39 is 0 Å². The van der Waals surface area contributed by atoms with Gasteiger partial charge >= 0.3 is 0 Å². The van der Waals surface area contributed by atoms with Crippen molar-refractivity contribution in [2.75, 3.05) is 0 Å². The fourth-order valence-corrected chi connectivity index (χ4v) is 8.86. The Morgan fingerprint density at radius 1 is 0.532 bits per heavy atom. The number of fused-ring (bicyclic) bond motifs is 8. The number of furan rings is 1. The summed E-state index contributed by atoms with van der Waals surface area (Å²) >= 11 is 0. The number of benzene rings is 8. The van der Waals surface area contributed by atoms with Crippen LogP contribution in [0.4, 0.5) is 0 Å². The lowest BCUT2D eigenvalue weighted by Gasteiger charge is -2.21. The topological polar surface area (TPSA) is 18.1 Å². The van der Waals surface area contributed by atoms with E-state index in [0.717, 1.165) is 27.6 Å². The van der Waals surface area contributed by atoms with Crippen molar-refractivity contribution in [2.45, 2.75) is 19.3 Å². The molecule has 1 aliphatic rings. The van der Waals surface area contributed by atoms with Crippen LogP contribution >= 0.6 is 0 Å². The number of para-hydroxylation sites is 2. The summed E-state index contributed by atoms with van der Waals surface area (Å²) < 4.78 is 9.16. The van der Waals surface area contributed by atoms with Crippen molar-refractivity contribution in [2.24, 2.45) is 0 Å². The Labute approximate surface area is 271 Å². The first-order valence-corrected chi connectivity index (χ1v) is 16.4. The van der Waals surface area contributed by atoms with Gasteiger partial charge in [-0.25, -0.2) is 0 Å². The standard InChI is InChI=1S/C45H29NO/c1-45(2)36-14-5-3-12-34(36)43-42(45)35-24-21-29(30-22-19-28-18-17-26-9-7-10-27-20-23-32(30)41(28)40(26)27)25-38(35)46(43)37-15-8-13-33-31-11-4-6-16-39(31)47-44(33)37/h3-25H,1-2H3. The van der Waals surface area contributed by atoms with E-state index in [1.54, 1.807) is 0 Å². The minimum Gasteiger partial charge on any atom is -0.454 e. The molecule has 2 nitrogen and oxygen atoms in total. The fraction of sp³-hybridized carbons (Fsp3) is 0.0667. The zero-order valence-corrected chi connectivity index (χ0v) is 26.1. The fourth-order valence-electron chi connectivity index (χ4n) is 8.86. The predicted octanol–water partition coefficient (Wildman–Crippen LogP) is 12.4. The quantitative estimate of drug-likeness (QED) is 0.181. The molecule has 0 fully saturated rings. The van der Waals surface area contributed by atoms with Gasteiger partial charge in [0.2, 0.25) is 0 Å². The van der Waals surface area contributed by atoms with Crippen molar-refractivity contribution in [1.82, 2.24) is 4.57 Å². The van der Waals surface area contributed by atoms with Crippen LogP contribution in [0.2, 0.25) is 0 Å². The summed E-state index contributed by atoms with van der Waals surface area (Å²) in [5.74, 6) is 0. The minimum absolute atomic E-state index is 0.147. The van der Waals surface area contributed by atoms with Gasteiger partial charge in [-0.2, -0.15) is 0 Å². The van der Waals surface area contributed by atoms with Crippen LogP contribution in [-0.4, -0.2) is 4.57 Å². The van der Waals surface area contributed by atoms with Crippen molar-refractivity contribution >= 4 is 65.2 Å². The third-order valence-electron chi connectivity index (χ3n) is 10.9. The number of nitrogens with zero attached hydrogens (tertiary/aromatic N) is 1. The van der Waals surface area contributed by atoms with E-state index >= 15 is 0 Å². The summed E-state index contributed by atoms with van der Waals surface area (Å²) in [4.78, 5) is 0. The largest absolute Gasteiger partial charge is 0.454 e. The van der Waals surface area contributed by atoms with Gasteiger partial charge in [-0.1, -0.05) is 135 Å². The average Bonchev–Trinajstić information content (AvgIpc) is 3.73. The second kappa shape index (κ2) is 8.69. The van der Waals surface area contributed by atoms with E-state index in [1.807, 2.05) is 0 Å². The van der Waals surface area contributed by atoms with Gasteiger partial charge in [-0.3, -0.25) is 0 Å². The van der Waals surface area contributed by atoms with Crippen LogP contribution in [0, 0.1) is 0 Å². The van der Waals surface area contributed by atoms with E-state index in [-0.39, 0.29) is 5.41 Å². The third-order valence-corrected chi connectivity index (χ3v) is 10.9. The van der Waals surface area contributed by atoms with Crippen molar-refractivity contribution in [3.63, 3.8) is 0 Å². The maximum atomic E-state index is 6.67. The van der Waals surface area contributed by atoms with Gasteiger partial charge in [-0.15, -0.1) is 0 Å². The minimum atomic E-state index is -0.147. The highest BCUT2D eigenvalue weighted by atomic mass is 16.3. The number of hydrogen-bond donors (Lipinski definition) is 0. The average molecular weight is 600 g/mol. The summed E-state index contributed by atoms with van der Waals surface area (Å²) in [7, 11) is 0. The lowest BCUT2D eigenvalue weighted by molar-refractivity contribution is 0.663. The lowest BCUT2D eigenvalue weighted by atomic mass is 9.81. The van der Waals surface area contributed by atoms with Gasteiger partial charge in [0.1, 0.15) is 5.58 Å². The Morgan fingerprint density at radius 2 is 1.23 bits per heavy atom. The Balaban J connectivity index is 1.27. The van der Waals surface area contributed by atoms with E-state index in [9.17, 15) is 0 Å². The number of aromatic nitrogens is 1. The summed E-state index contributed by atoms with van der Waals surface area (Å²) in [6.07, 6.45) is 0. The first-order chi connectivity index (χ1) is 23.1. The zero-order chi connectivity index (χ0) is 31.0.